The molecule has 9 aromatic rings. The summed E-state index contributed by atoms with van der Waals surface area (Å²) in [6, 6.07) is 17.9. The Hall–Kier alpha value is -5.66. The second-order valence-corrected chi connectivity index (χ2v) is 10.7. The van der Waals surface area contributed by atoms with Gasteiger partial charge >= 0.3 is 0 Å². The van der Waals surface area contributed by atoms with Gasteiger partial charge in [-0.2, -0.15) is 0 Å². The van der Waals surface area contributed by atoms with E-state index >= 15 is 0 Å². The highest BCUT2D eigenvalue weighted by atomic mass is 16.3. The zero-order chi connectivity index (χ0) is 40.3. The molecule has 0 N–H and O–H groups in total. The minimum atomic E-state index is -0.617. The minimum absolute atomic E-state index is 0.0177. The van der Waals surface area contributed by atoms with Crippen LogP contribution in [-0.2, 0) is 6.42 Å². The molecule has 8 aromatic carbocycles. The molecule has 0 aliphatic carbocycles. The van der Waals surface area contributed by atoms with E-state index in [0.717, 1.165) is 27.3 Å². The Labute approximate surface area is 273 Å². The summed E-state index contributed by atoms with van der Waals surface area (Å²) in [4.78, 5) is 0. The van der Waals surface area contributed by atoms with Crippen LogP contribution in [0, 0.1) is 0 Å². The van der Waals surface area contributed by atoms with Gasteiger partial charge in [-0.05, 0) is 78.7 Å². The van der Waals surface area contributed by atoms with Crippen LogP contribution in [-0.4, -0.2) is 0 Å². The molecular weight excluding hydrogens is 532 g/mol. The summed E-state index contributed by atoms with van der Waals surface area (Å²) >= 11 is 0. The van der Waals surface area contributed by atoms with Gasteiger partial charge in [0, 0.05) is 16.3 Å². The first-order chi connectivity index (χ1) is 27.2. The second kappa shape index (κ2) is 9.97. The molecule has 206 valence electrons. The highest BCUT2D eigenvalue weighted by molar-refractivity contribution is 6.18. The lowest BCUT2D eigenvalue weighted by Gasteiger charge is -2.17. The minimum Gasteiger partial charge on any atom is -0.455 e. The summed E-state index contributed by atoms with van der Waals surface area (Å²) in [5.74, 6) is 0. The molecule has 1 heteroatoms. The van der Waals surface area contributed by atoms with Crippen LogP contribution in [0.4, 0.5) is 0 Å². The van der Waals surface area contributed by atoms with Crippen LogP contribution < -0.4 is 0 Å². The van der Waals surface area contributed by atoms with E-state index in [4.69, 9.17) is 16.8 Å². The third-order valence-corrected chi connectivity index (χ3v) is 8.25. The van der Waals surface area contributed by atoms with E-state index in [1.54, 1.807) is 18.2 Å². The molecule has 0 amide bonds. The molecule has 0 aliphatic heterocycles. The lowest BCUT2D eigenvalue weighted by molar-refractivity contribution is 0.670. The molecule has 0 spiro atoms. The van der Waals surface area contributed by atoms with Crippen molar-refractivity contribution in [1.82, 2.24) is 0 Å². The van der Waals surface area contributed by atoms with Crippen molar-refractivity contribution >= 4 is 54.3 Å². The predicted octanol–water partition coefficient (Wildman–Crippen LogP) is 12.0. The molecule has 0 atom stereocenters. The molecule has 0 saturated heterocycles. The van der Waals surface area contributed by atoms with Gasteiger partial charge in [-0.1, -0.05) is 145 Å². The summed E-state index contributed by atoms with van der Waals surface area (Å²) in [5.41, 5.74) is 3.28. The van der Waals surface area contributed by atoms with E-state index in [1.807, 2.05) is 60.7 Å². The highest BCUT2D eigenvalue weighted by Crippen LogP contribution is 2.43. The van der Waals surface area contributed by atoms with E-state index < -0.39 is 85.0 Å². The molecular formula is C43H28O. The molecule has 0 saturated carbocycles. The molecule has 0 unspecified atom stereocenters. The van der Waals surface area contributed by atoms with Crippen molar-refractivity contribution in [2.45, 2.75) is 6.42 Å². The van der Waals surface area contributed by atoms with Crippen LogP contribution in [0.1, 0.15) is 28.9 Å². The van der Waals surface area contributed by atoms with Crippen LogP contribution in [0.5, 0.6) is 0 Å². The molecule has 44 heavy (non-hydrogen) atoms. The smallest absolute Gasteiger partial charge is 0.143 e. The SMILES string of the molecule is [2H]c1c([2H])c([2H])c(Cc2c3c([2H])c([2H])c([2H])c([2H])c3c(-c3ccc4oc5c(-c6cccc7ccccc67)cccc5c4c3)c3c([2H])c([2H])c([2H])c([2H])c23)c([2H])c1[2H]. The third-order valence-electron chi connectivity index (χ3n) is 8.25. The predicted molar refractivity (Wildman–Crippen MR) is 186 cm³/mol. The number of rotatable bonds is 4. The van der Waals surface area contributed by atoms with Gasteiger partial charge in [-0.25, -0.2) is 0 Å². The highest BCUT2D eigenvalue weighted by Gasteiger charge is 2.18. The van der Waals surface area contributed by atoms with Crippen LogP contribution in [0.3, 0.4) is 0 Å². The quantitative estimate of drug-likeness (QED) is 0.191. The first-order valence-corrected chi connectivity index (χ1v) is 14.2. The number of para-hydroxylation sites is 1. The molecule has 1 nitrogen and oxygen atoms in total. The molecule has 1 heterocycles. The van der Waals surface area contributed by atoms with Crippen LogP contribution in [0.15, 0.2) is 162 Å². The van der Waals surface area contributed by atoms with Gasteiger partial charge in [0.25, 0.3) is 0 Å². The first-order valence-electron chi connectivity index (χ1n) is 20.7. The van der Waals surface area contributed by atoms with Gasteiger partial charge < -0.3 is 4.42 Å². The lowest BCUT2D eigenvalue weighted by Crippen LogP contribution is -1.95. The van der Waals surface area contributed by atoms with Crippen molar-refractivity contribution in [1.29, 1.82) is 0 Å². The van der Waals surface area contributed by atoms with Crippen molar-refractivity contribution in [3.8, 4) is 22.3 Å². The third kappa shape index (κ3) is 3.87. The maximum absolute atomic E-state index is 9.26. The van der Waals surface area contributed by atoms with E-state index in [-0.39, 0.29) is 38.2 Å². The van der Waals surface area contributed by atoms with Crippen LogP contribution in [0.25, 0.3) is 76.5 Å². The van der Waals surface area contributed by atoms with Gasteiger partial charge in [-0.15, -0.1) is 0 Å². The van der Waals surface area contributed by atoms with Gasteiger partial charge in [0.15, 0.2) is 0 Å². The fraction of sp³-hybridized carbons (Fsp3) is 0.0233. The van der Waals surface area contributed by atoms with Gasteiger partial charge in [-0.3, -0.25) is 0 Å². The fourth-order valence-electron chi connectivity index (χ4n) is 6.34. The summed E-state index contributed by atoms with van der Waals surface area (Å²) in [5, 5.41) is 3.27. The summed E-state index contributed by atoms with van der Waals surface area (Å²) in [6.45, 7) is 0. The average molecular weight is 574 g/mol. The van der Waals surface area contributed by atoms with Crippen molar-refractivity contribution in [3.05, 3.63) is 169 Å². The first kappa shape index (κ1) is 15.2. The van der Waals surface area contributed by atoms with Crippen molar-refractivity contribution in [2.75, 3.05) is 0 Å². The maximum Gasteiger partial charge on any atom is 0.143 e. The van der Waals surface area contributed by atoms with Gasteiger partial charge in [0.05, 0.1) is 17.8 Å². The van der Waals surface area contributed by atoms with E-state index in [0.29, 0.717) is 22.1 Å². The lowest BCUT2D eigenvalue weighted by atomic mass is 9.86. The monoisotopic (exact) mass is 573 g/mol. The Morgan fingerprint density at radius 1 is 0.500 bits per heavy atom. The molecule has 0 fully saturated rings. The molecule has 0 aliphatic rings. The van der Waals surface area contributed by atoms with Crippen LogP contribution >= 0.6 is 0 Å². The number of furan rings is 1. The topological polar surface area (TPSA) is 13.1 Å². The van der Waals surface area contributed by atoms with Crippen molar-refractivity contribution in [3.63, 3.8) is 0 Å². The van der Waals surface area contributed by atoms with Crippen molar-refractivity contribution in [2.24, 2.45) is 0 Å². The number of fused-ring (bicyclic) bond motifs is 6. The Bertz CT molecular complexity index is 3140. The average Bonchev–Trinajstić information content (AvgIpc) is 3.60. The normalized spacial score (nSPS) is 15.9. The summed E-state index contributed by atoms with van der Waals surface area (Å²) in [6.07, 6.45) is -0.491. The maximum atomic E-state index is 9.26. The number of hydrogen-bond acceptors (Lipinski definition) is 1. The molecule has 0 bridgehead atoms. The van der Waals surface area contributed by atoms with Crippen LogP contribution in [0.2, 0.25) is 0 Å². The van der Waals surface area contributed by atoms with Gasteiger partial charge in [0.1, 0.15) is 11.2 Å². The molecule has 1 aromatic heterocycles. The summed E-state index contributed by atoms with van der Waals surface area (Å²) < 4.78 is 120. The fourth-order valence-corrected chi connectivity index (χ4v) is 6.34. The number of hydrogen-bond donors (Lipinski definition) is 0. The second-order valence-electron chi connectivity index (χ2n) is 10.7. The standard InChI is InChI=1S/C43H28O/c1-2-12-28(13-3-1)26-39-33-17-6-8-19-35(33)42(36-20-9-7-18-34(36)39)30-24-25-41-40(27-30)38-23-11-22-37(43(38)44-41)32-21-10-15-29-14-4-5-16-31(29)32/h1-25,27H,26H2/i1D,2D,3D,6D,7D,8D,9D,12D,13D,17D,18D,19D,20D. The van der Waals surface area contributed by atoms with E-state index in [1.165, 1.54) is 0 Å². The zero-order valence-electron chi connectivity index (χ0n) is 36.1. The Morgan fingerprint density at radius 2 is 1.14 bits per heavy atom. The number of benzene rings is 8. The van der Waals surface area contributed by atoms with Crippen molar-refractivity contribution < 1.29 is 22.2 Å². The Kier molecular flexibility index (Phi) is 3.44. The largest absolute Gasteiger partial charge is 0.455 e. The Balaban J connectivity index is 1.42. The van der Waals surface area contributed by atoms with E-state index in [2.05, 4.69) is 0 Å². The molecule has 9 rings (SSSR count). The van der Waals surface area contributed by atoms with E-state index in [9.17, 15) is 5.48 Å². The van der Waals surface area contributed by atoms with Gasteiger partial charge in [0.2, 0.25) is 0 Å². The summed E-state index contributed by atoms with van der Waals surface area (Å²) in [7, 11) is 0. The Morgan fingerprint density at radius 3 is 1.93 bits per heavy atom. The zero-order valence-corrected chi connectivity index (χ0v) is 23.1. The molecule has 0 radical (unpaired) electrons.